The lowest BCUT2D eigenvalue weighted by Gasteiger charge is -2.45. The summed E-state index contributed by atoms with van der Waals surface area (Å²) in [7, 11) is 0. The molecule has 3 atom stereocenters. The van der Waals surface area contributed by atoms with Gasteiger partial charge in [-0.1, -0.05) is 49.6 Å². The zero-order valence-electron chi connectivity index (χ0n) is 13.5. The highest BCUT2D eigenvalue weighted by Gasteiger charge is 2.39. The Bertz CT molecular complexity index is 531. The van der Waals surface area contributed by atoms with E-state index in [-0.39, 0.29) is 18.7 Å². The largest absolute Gasteiger partial charge is 0.445 e. The minimum atomic E-state index is -0.273. The SMILES string of the molecule is O=CCC1CC2CCCCC2CN1C(=O)OCc1ccccc1. The zero-order chi connectivity index (χ0) is 16.1. The molecular weight excluding hydrogens is 290 g/mol. The van der Waals surface area contributed by atoms with Gasteiger partial charge in [-0.2, -0.15) is 0 Å². The van der Waals surface area contributed by atoms with E-state index in [1.807, 2.05) is 35.2 Å². The third-order valence-corrected chi connectivity index (χ3v) is 5.32. The van der Waals surface area contributed by atoms with Gasteiger partial charge in [0.05, 0.1) is 0 Å². The van der Waals surface area contributed by atoms with Crippen molar-refractivity contribution in [3.63, 3.8) is 0 Å². The van der Waals surface area contributed by atoms with E-state index in [1.54, 1.807) is 0 Å². The van der Waals surface area contributed by atoms with Crippen molar-refractivity contribution >= 4 is 12.4 Å². The number of hydrogen-bond acceptors (Lipinski definition) is 3. The lowest BCUT2D eigenvalue weighted by molar-refractivity contribution is -0.109. The molecule has 0 N–H and O–H groups in total. The maximum Gasteiger partial charge on any atom is 0.410 e. The first-order valence-electron chi connectivity index (χ1n) is 8.69. The van der Waals surface area contributed by atoms with Crippen molar-refractivity contribution in [3.8, 4) is 0 Å². The van der Waals surface area contributed by atoms with E-state index in [4.69, 9.17) is 4.74 Å². The molecule has 4 nitrogen and oxygen atoms in total. The predicted octanol–water partition coefficient (Wildman–Crippen LogP) is 3.79. The van der Waals surface area contributed by atoms with Gasteiger partial charge in [0.1, 0.15) is 12.9 Å². The van der Waals surface area contributed by atoms with Gasteiger partial charge in [0, 0.05) is 19.0 Å². The summed E-state index contributed by atoms with van der Waals surface area (Å²) in [6, 6.07) is 9.72. The van der Waals surface area contributed by atoms with Gasteiger partial charge in [0.15, 0.2) is 0 Å². The minimum absolute atomic E-state index is 0.00937. The van der Waals surface area contributed by atoms with Crippen LogP contribution in [-0.4, -0.2) is 29.9 Å². The molecule has 124 valence electrons. The second kappa shape index (κ2) is 7.62. The van der Waals surface area contributed by atoms with Gasteiger partial charge in [0.25, 0.3) is 0 Å². The molecule has 1 saturated carbocycles. The van der Waals surface area contributed by atoms with Crippen LogP contribution < -0.4 is 0 Å². The molecule has 1 saturated heterocycles. The van der Waals surface area contributed by atoms with E-state index >= 15 is 0 Å². The van der Waals surface area contributed by atoms with Gasteiger partial charge < -0.3 is 14.4 Å². The average molecular weight is 315 g/mol. The Kier molecular flexibility index (Phi) is 5.31. The summed E-state index contributed by atoms with van der Waals surface area (Å²) in [6.45, 7) is 1.04. The molecule has 2 fully saturated rings. The standard InChI is InChI=1S/C19H25NO3/c21-11-10-18-12-16-8-4-5-9-17(16)13-20(18)19(22)23-14-15-6-2-1-3-7-15/h1-3,6-7,11,16-18H,4-5,8-10,12-14H2. The van der Waals surface area contributed by atoms with Crippen molar-refractivity contribution in [1.82, 2.24) is 4.90 Å². The van der Waals surface area contributed by atoms with Crippen LogP contribution in [0, 0.1) is 11.8 Å². The average Bonchev–Trinajstić information content (AvgIpc) is 2.60. The van der Waals surface area contributed by atoms with E-state index in [1.165, 1.54) is 25.7 Å². The summed E-state index contributed by atoms with van der Waals surface area (Å²) < 4.78 is 5.49. The fraction of sp³-hybridized carbons (Fsp3) is 0.579. The molecule has 3 unspecified atom stereocenters. The number of aldehydes is 1. The normalized spacial score (nSPS) is 27.1. The van der Waals surface area contributed by atoms with E-state index in [9.17, 15) is 9.59 Å². The van der Waals surface area contributed by atoms with Gasteiger partial charge in [-0.15, -0.1) is 0 Å². The Hall–Kier alpha value is -1.84. The Morgan fingerprint density at radius 1 is 1.17 bits per heavy atom. The molecule has 1 heterocycles. The van der Waals surface area contributed by atoms with Crippen LogP contribution in [-0.2, 0) is 16.1 Å². The Morgan fingerprint density at radius 3 is 2.65 bits per heavy atom. The maximum absolute atomic E-state index is 12.5. The number of carbonyl (C=O) groups is 2. The number of nitrogens with zero attached hydrogens (tertiary/aromatic N) is 1. The Morgan fingerprint density at radius 2 is 1.91 bits per heavy atom. The molecule has 1 amide bonds. The fourth-order valence-electron chi connectivity index (χ4n) is 4.07. The first-order chi connectivity index (χ1) is 11.3. The molecule has 1 aromatic carbocycles. The number of fused-ring (bicyclic) bond motifs is 1. The minimum Gasteiger partial charge on any atom is -0.445 e. The second-order valence-corrected chi connectivity index (χ2v) is 6.79. The number of likely N-dealkylation sites (tertiary alicyclic amines) is 1. The molecule has 0 aromatic heterocycles. The lowest BCUT2D eigenvalue weighted by Crippen LogP contribution is -2.51. The van der Waals surface area contributed by atoms with Crippen LogP contribution >= 0.6 is 0 Å². The highest BCUT2D eigenvalue weighted by molar-refractivity contribution is 5.69. The molecule has 4 heteroatoms. The maximum atomic E-state index is 12.5. The highest BCUT2D eigenvalue weighted by Crippen LogP contribution is 2.39. The van der Waals surface area contributed by atoms with Crippen LogP contribution in [0.1, 0.15) is 44.1 Å². The summed E-state index contributed by atoms with van der Waals surface area (Å²) in [6.07, 6.45) is 7.01. The molecule has 0 bridgehead atoms. The topological polar surface area (TPSA) is 46.6 Å². The summed E-state index contributed by atoms with van der Waals surface area (Å²) >= 11 is 0. The van der Waals surface area contributed by atoms with Crippen molar-refractivity contribution in [2.24, 2.45) is 11.8 Å². The molecule has 0 radical (unpaired) electrons. The van der Waals surface area contributed by atoms with Crippen LogP contribution in [0.2, 0.25) is 0 Å². The van der Waals surface area contributed by atoms with Crippen LogP contribution in [0.25, 0.3) is 0 Å². The van der Waals surface area contributed by atoms with Gasteiger partial charge >= 0.3 is 6.09 Å². The van der Waals surface area contributed by atoms with Crippen LogP contribution in [0.4, 0.5) is 4.79 Å². The number of hydrogen-bond donors (Lipinski definition) is 0. The number of amides is 1. The van der Waals surface area contributed by atoms with Crippen molar-refractivity contribution < 1.29 is 14.3 Å². The predicted molar refractivity (Wildman–Crippen MR) is 87.9 cm³/mol. The first-order valence-corrected chi connectivity index (χ1v) is 8.69. The van der Waals surface area contributed by atoms with Gasteiger partial charge in [-0.25, -0.2) is 4.79 Å². The molecule has 23 heavy (non-hydrogen) atoms. The third-order valence-electron chi connectivity index (χ3n) is 5.32. The molecule has 1 aliphatic heterocycles. The number of ether oxygens (including phenoxy) is 1. The summed E-state index contributed by atoms with van der Waals surface area (Å²) in [5, 5.41) is 0. The van der Waals surface area contributed by atoms with Crippen molar-refractivity contribution in [2.45, 2.75) is 51.2 Å². The quantitative estimate of drug-likeness (QED) is 0.794. The summed E-state index contributed by atoms with van der Waals surface area (Å²) in [5.74, 6) is 1.25. The van der Waals surface area contributed by atoms with Crippen molar-refractivity contribution in [1.29, 1.82) is 0 Å². The van der Waals surface area contributed by atoms with E-state index in [0.717, 1.165) is 24.8 Å². The highest BCUT2D eigenvalue weighted by atomic mass is 16.6. The number of benzene rings is 1. The number of carbonyl (C=O) groups excluding carboxylic acids is 2. The van der Waals surface area contributed by atoms with Crippen LogP contribution in [0.5, 0.6) is 0 Å². The van der Waals surface area contributed by atoms with Gasteiger partial charge in [0.2, 0.25) is 0 Å². The number of piperidine rings is 1. The van der Waals surface area contributed by atoms with E-state index < -0.39 is 0 Å². The third kappa shape index (κ3) is 3.92. The molecule has 1 aliphatic carbocycles. The molecule has 3 rings (SSSR count). The van der Waals surface area contributed by atoms with E-state index in [0.29, 0.717) is 18.3 Å². The lowest BCUT2D eigenvalue weighted by atomic mass is 9.72. The zero-order valence-corrected chi connectivity index (χ0v) is 13.5. The van der Waals surface area contributed by atoms with Crippen molar-refractivity contribution in [3.05, 3.63) is 35.9 Å². The number of rotatable bonds is 4. The second-order valence-electron chi connectivity index (χ2n) is 6.79. The van der Waals surface area contributed by atoms with Crippen LogP contribution in [0.15, 0.2) is 30.3 Å². The molecule has 1 aromatic rings. The Labute approximate surface area is 137 Å². The Balaban J connectivity index is 1.62. The van der Waals surface area contributed by atoms with Gasteiger partial charge in [-0.3, -0.25) is 0 Å². The van der Waals surface area contributed by atoms with Gasteiger partial charge in [-0.05, 0) is 30.2 Å². The van der Waals surface area contributed by atoms with Crippen molar-refractivity contribution in [2.75, 3.05) is 6.54 Å². The van der Waals surface area contributed by atoms with Crippen LogP contribution in [0.3, 0.4) is 0 Å². The smallest absolute Gasteiger partial charge is 0.410 e. The molecule has 0 spiro atoms. The summed E-state index contributed by atoms with van der Waals surface area (Å²) in [5.41, 5.74) is 0.986. The van der Waals surface area contributed by atoms with E-state index in [2.05, 4.69) is 0 Å². The summed E-state index contributed by atoms with van der Waals surface area (Å²) in [4.78, 5) is 25.3. The monoisotopic (exact) mass is 315 g/mol. The molecule has 2 aliphatic rings. The first kappa shape index (κ1) is 16.0. The molecular formula is C19H25NO3. The fourth-order valence-corrected chi connectivity index (χ4v) is 4.07.